The van der Waals surface area contributed by atoms with E-state index in [2.05, 4.69) is 11.3 Å². The fourth-order valence-electron chi connectivity index (χ4n) is 2.82. The van der Waals surface area contributed by atoms with Crippen LogP contribution in [0.3, 0.4) is 0 Å². The van der Waals surface area contributed by atoms with E-state index >= 15 is 0 Å². The highest BCUT2D eigenvalue weighted by atomic mass is 16.5. The average molecular weight is 311 g/mol. The number of carbonyl (C=O) groups excluding carboxylic acids is 1. The van der Waals surface area contributed by atoms with E-state index in [1.807, 2.05) is 24.3 Å². The zero-order valence-electron chi connectivity index (χ0n) is 12.6. The van der Waals surface area contributed by atoms with Crippen molar-refractivity contribution in [3.05, 3.63) is 41.7 Å². The van der Waals surface area contributed by atoms with Gasteiger partial charge in [-0.2, -0.15) is 5.26 Å². The van der Waals surface area contributed by atoms with E-state index in [9.17, 15) is 9.90 Å². The number of carbonyl (C=O) groups is 1. The minimum atomic E-state index is -0.0909. The topological polar surface area (TPSA) is 90.4 Å². The fraction of sp³-hybridized carbons (Fsp3) is 0.353. The van der Waals surface area contributed by atoms with Gasteiger partial charge in [-0.1, -0.05) is 23.4 Å². The molecule has 118 valence electrons. The molecular weight excluding hydrogens is 294 g/mol. The number of Topliss-reactive ketones (excluding diaryl/α,β-unsaturated/α-hetero) is 1. The molecule has 0 radical (unpaired) electrons. The standard InChI is InChI=1S/C17H17N3O3/c18-11-20-5-4-12(9-20)7-16(22)17-8-15(19-23-17)14-3-1-2-13(6-14)10-21/h1-3,6,8,12,21H,4-5,7,9-10H2/t12-/m0/s1. The maximum Gasteiger partial charge on any atom is 0.203 e. The first-order valence-corrected chi connectivity index (χ1v) is 7.54. The van der Waals surface area contributed by atoms with E-state index in [0.29, 0.717) is 25.2 Å². The zero-order valence-corrected chi connectivity index (χ0v) is 12.6. The minimum Gasteiger partial charge on any atom is -0.392 e. The van der Waals surface area contributed by atoms with Crippen molar-refractivity contribution in [3.8, 4) is 17.5 Å². The Morgan fingerprint density at radius 2 is 2.35 bits per heavy atom. The molecule has 2 heterocycles. The zero-order chi connectivity index (χ0) is 16.2. The minimum absolute atomic E-state index is 0.0471. The van der Waals surface area contributed by atoms with Crippen molar-refractivity contribution in [1.82, 2.24) is 10.1 Å². The van der Waals surface area contributed by atoms with E-state index in [4.69, 9.17) is 9.78 Å². The average Bonchev–Trinajstić information content (AvgIpc) is 3.24. The van der Waals surface area contributed by atoms with Gasteiger partial charge < -0.3 is 14.5 Å². The van der Waals surface area contributed by atoms with E-state index < -0.39 is 0 Å². The highest BCUT2D eigenvalue weighted by molar-refractivity contribution is 5.94. The van der Waals surface area contributed by atoms with Gasteiger partial charge in [0, 0.05) is 31.1 Å². The molecule has 23 heavy (non-hydrogen) atoms. The van der Waals surface area contributed by atoms with Gasteiger partial charge in [0.25, 0.3) is 0 Å². The SMILES string of the molecule is N#CN1CC[C@@H](CC(=O)c2cc(-c3cccc(CO)c3)no2)C1. The van der Waals surface area contributed by atoms with Gasteiger partial charge in [0.05, 0.1) is 6.61 Å². The Morgan fingerprint density at radius 3 is 3.09 bits per heavy atom. The van der Waals surface area contributed by atoms with E-state index in [1.165, 1.54) is 0 Å². The molecule has 0 unspecified atom stereocenters. The number of hydrogen-bond donors (Lipinski definition) is 1. The lowest BCUT2D eigenvalue weighted by Gasteiger charge is -2.06. The summed E-state index contributed by atoms with van der Waals surface area (Å²) in [5.41, 5.74) is 2.16. The van der Waals surface area contributed by atoms with Crippen molar-refractivity contribution in [2.75, 3.05) is 13.1 Å². The summed E-state index contributed by atoms with van der Waals surface area (Å²) in [5, 5.41) is 22.0. The third-order valence-corrected chi connectivity index (χ3v) is 4.09. The summed E-state index contributed by atoms with van der Waals surface area (Å²) in [5.74, 6) is 0.338. The van der Waals surface area contributed by atoms with Crippen LogP contribution in [0.15, 0.2) is 34.9 Å². The van der Waals surface area contributed by atoms with Crippen molar-refractivity contribution in [3.63, 3.8) is 0 Å². The van der Waals surface area contributed by atoms with Gasteiger partial charge in [-0.15, -0.1) is 0 Å². The van der Waals surface area contributed by atoms with Gasteiger partial charge >= 0.3 is 0 Å². The summed E-state index contributed by atoms with van der Waals surface area (Å²) in [6, 6.07) is 8.94. The van der Waals surface area contributed by atoms with Gasteiger partial charge in [0.1, 0.15) is 5.69 Å². The Balaban J connectivity index is 1.69. The second kappa shape index (κ2) is 6.63. The molecule has 6 heteroatoms. The molecule has 1 aliphatic heterocycles. The number of ketones is 1. The molecule has 2 aromatic rings. The lowest BCUT2D eigenvalue weighted by Crippen LogP contribution is -2.15. The quantitative estimate of drug-likeness (QED) is 0.672. The number of aromatic nitrogens is 1. The van der Waals surface area contributed by atoms with Crippen LogP contribution in [0.2, 0.25) is 0 Å². The number of nitriles is 1. The molecule has 0 bridgehead atoms. The summed E-state index contributed by atoms with van der Waals surface area (Å²) in [6.07, 6.45) is 3.32. The molecule has 1 atom stereocenters. The predicted molar refractivity (Wildman–Crippen MR) is 82.1 cm³/mol. The Kier molecular flexibility index (Phi) is 4.40. The van der Waals surface area contributed by atoms with E-state index in [0.717, 1.165) is 17.5 Å². The van der Waals surface area contributed by atoms with Crippen molar-refractivity contribution >= 4 is 5.78 Å². The van der Waals surface area contributed by atoms with E-state index in [1.54, 1.807) is 11.0 Å². The van der Waals surface area contributed by atoms with Crippen LogP contribution in [-0.2, 0) is 6.61 Å². The molecule has 0 spiro atoms. The Labute approximate surface area is 133 Å². The Morgan fingerprint density at radius 1 is 1.48 bits per heavy atom. The van der Waals surface area contributed by atoms with Crippen LogP contribution >= 0.6 is 0 Å². The van der Waals surface area contributed by atoms with Crippen LogP contribution in [0.25, 0.3) is 11.3 Å². The monoisotopic (exact) mass is 311 g/mol. The van der Waals surface area contributed by atoms with Gasteiger partial charge in [-0.25, -0.2) is 0 Å². The molecule has 3 rings (SSSR count). The first-order chi connectivity index (χ1) is 11.2. The fourth-order valence-corrected chi connectivity index (χ4v) is 2.82. The number of likely N-dealkylation sites (tertiary alicyclic amines) is 1. The summed E-state index contributed by atoms with van der Waals surface area (Å²) in [6.45, 7) is 1.29. The molecule has 1 aromatic heterocycles. The largest absolute Gasteiger partial charge is 0.392 e. The molecule has 1 N–H and O–H groups in total. The van der Waals surface area contributed by atoms with Crippen LogP contribution < -0.4 is 0 Å². The normalized spacial score (nSPS) is 17.2. The maximum atomic E-state index is 12.3. The van der Waals surface area contributed by atoms with Crippen molar-refractivity contribution in [2.45, 2.75) is 19.4 Å². The highest BCUT2D eigenvalue weighted by Gasteiger charge is 2.26. The molecule has 1 aliphatic rings. The van der Waals surface area contributed by atoms with Gasteiger partial charge in [0.2, 0.25) is 11.5 Å². The van der Waals surface area contributed by atoms with E-state index in [-0.39, 0.29) is 24.1 Å². The van der Waals surface area contributed by atoms with Gasteiger partial charge in [0.15, 0.2) is 6.19 Å². The number of hydrogen-bond acceptors (Lipinski definition) is 6. The summed E-state index contributed by atoms with van der Waals surface area (Å²) in [4.78, 5) is 14.0. The molecule has 1 fully saturated rings. The lowest BCUT2D eigenvalue weighted by molar-refractivity contribution is 0.0927. The van der Waals surface area contributed by atoms with Crippen LogP contribution in [-0.4, -0.2) is 34.0 Å². The van der Waals surface area contributed by atoms with Crippen molar-refractivity contribution in [1.29, 1.82) is 5.26 Å². The molecule has 1 aromatic carbocycles. The number of aliphatic hydroxyl groups is 1. The first-order valence-electron chi connectivity index (χ1n) is 7.54. The maximum absolute atomic E-state index is 12.3. The van der Waals surface area contributed by atoms with Gasteiger partial charge in [-0.3, -0.25) is 4.79 Å². The van der Waals surface area contributed by atoms with Crippen LogP contribution in [0.1, 0.15) is 29.0 Å². The highest BCUT2D eigenvalue weighted by Crippen LogP contribution is 2.24. The number of aliphatic hydroxyl groups excluding tert-OH is 1. The number of benzene rings is 1. The lowest BCUT2D eigenvalue weighted by atomic mass is 10.00. The van der Waals surface area contributed by atoms with Crippen LogP contribution in [0, 0.1) is 17.4 Å². The summed E-state index contributed by atoms with van der Waals surface area (Å²) >= 11 is 0. The second-order valence-corrected chi connectivity index (χ2v) is 5.76. The molecular formula is C17H17N3O3. The summed E-state index contributed by atoms with van der Waals surface area (Å²) < 4.78 is 5.18. The molecule has 1 saturated heterocycles. The third kappa shape index (κ3) is 3.41. The second-order valence-electron chi connectivity index (χ2n) is 5.76. The Bertz CT molecular complexity index is 748. The third-order valence-electron chi connectivity index (χ3n) is 4.09. The first kappa shape index (κ1) is 15.3. The Hall–Kier alpha value is -2.65. The molecule has 0 aliphatic carbocycles. The smallest absolute Gasteiger partial charge is 0.203 e. The van der Waals surface area contributed by atoms with Crippen molar-refractivity contribution < 1.29 is 14.4 Å². The summed E-state index contributed by atoms with van der Waals surface area (Å²) in [7, 11) is 0. The molecule has 6 nitrogen and oxygen atoms in total. The van der Waals surface area contributed by atoms with Crippen LogP contribution in [0.4, 0.5) is 0 Å². The predicted octanol–water partition coefficient (Wildman–Crippen LogP) is 2.21. The molecule has 0 amide bonds. The number of rotatable bonds is 5. The molecule has 0 saturated carbocycles. The van der Waals surface area contributed by atoms with Crippen molar-refractivity contribution in [2.24, 2.45) is 5.92 Å². The van der Waals surface area contributed by atoms with Gasteiger partial charge in [-0.05, 0) is 24.0 Å². The van der Waals surface area contributed by atoms with Crippen LogP contribution in [0.5, 0.6) is 0 Å². The number of nitrogens with zero attached hydrogens (tertiary/aromatic N) is 3.